The van der Waals surface area contributed by atoms with Crippen LogP contribution >= 0.6 is 0 Å². The Morgan fingerprint density at radius 2 is 2.43 bits per heavy atom. The van der Waals surface area contributed by atoms with Crippen molar-refractivity contribution in [1.82, 2.24) is 0 Å². The summed E-state index contributed by atoms with van der Waals surface area (Å²) in [7, 11) is 0. The van der Waals surface area contributed by atoms with E-state index >= 15 is 0 Å². The molecule has 0 aliphatic heterocycles. The van der Waals surface area contributed by atoms with Crippen LogP contribution in [0.1, 0.15) is 12.8 Å². The van der Waals surface area contributed by atoms with Gasteiger partial charge in [-0.05, 0) is 0 Å². The van der Waals surface area contributed by atoms with E-state index in [9.17, 15) is 0 Å². The second-order valence-corrected chi connectivity index (χ2v) is 1.53. The van der Waals surface area contributed by atoms with Gasteiger partial charge in [0.15, 0.2) is 0 Å². The second-order valence-electron chi connectivity index (χ2n) is 1.53. The van der Waals surface area contributed by atoms with E-state index in [-0.39, 0.29) is 0 Å². The average Bonchev–Trinajstić information content (AvgIpc) is 1.61. The Morgan fingerprint density at radius 1 is 1.86 bits per heavy atom. The van der Waals surface area contributed by atoms with E-state index in [4.69, 9.17) is 0 Å². The molecule has 7 heavy (non-hydrogen) atoms. The van der Waals surface area contributed by atoms with Crippen LogP contribution in [0.3, 0.4) is 0 Å². The number of unbranched alkanes of at least 4 members (excludes halogenated alkanes) is 1. The summed E-state index contributed by atoms with van der Waals surface area (Å²) in [5.41, 5.74) is 0.962. The van der Waals surface area contributed by atoms with Crippen LogP contribution in [0.4, 0.5) is 0 Å². The largest absolute Gasteiger partial charge is 0.343 e. The molecule has 0 spiro atoms. The van der Waals surface area contributed by atoms with E-state index < -0.39 is 0 Å². The maximum absolute atomic E-state index is 3.63. The molecule has 39 valence electrons. The lowest BCUT2D eigenvalue weighted by Crippen LogP contribution is -1.73. The van der Waals surface area contributed by atoms with Crippen molar-refractivity contribution in [2.45, 2.75) is 12.8 Å². The highest BCUT2D eigenvalue weighted by Gasteiger charge is 1.86. The minimum absolute atomic E-state index is 0.870. The van der Waals surface area contributed by atoms with Crippen LogP contribution < -0.4 is 0 Å². The summed E-state index contributed by atoms with van der Waals surface area (Å²) in [4.78, 5) is 0. The first kappa shape index (κ1) is 6.61. The minimum atomic E-state index is 0.870. The number of hydrogen-bond donors (Lipinski definition) is 0. The molecule has 0 N–H and O–H groups in total. The molecule has 0 unspecified atom stereocenters. The summed E-state index contributed by atoms with van der Waals surface area (Å²) in [6, 6.07) is 0. The minimum Gasteiger partial charge on any atom is -0.343 e. The highest BCUT2D eigenvalue weighted by molar-refractivity contribution is 5.01. The van der Waals surface area contributed by atoms with E-state index in [2.05, 4.69) is 26.8 Å². The third-order valence-electron chi connectivity index (χ3n) is 0.637. The number of hydrogen-bond acceptors (Lipinski definition) is 0. The number of allylic oxidation sites excluding steroid dienone is 1. The molecule has 0 aromatic carbocycles. The maximum Gasteiger partial charge on any atom is 0.0966 e. The molecule has 0 saturated heterocycles. The van der Waals surface area contributed by atoms with Gasteiger partial charge in [0.1, 0.15) is 0 Å². The molecule has 0 nitrogen and oxygen atoms in total. The van der Waals surface area contributed by atoms with Gasteiger partial charge in [-0.2, -0.15) is 6.42 Å². The van der Waals surface area contributed by atoms with Crippen molar-refractivity contribution >= 4 is 0 Å². The summed E-state index contributed by atoms with van der Waals surface area (Å²) in [6.07, 6.45) is 3.83. The summed E-state index contributed by atoms with van der Waals surface area (Å²) >= 11 is 0. The van der Waals surface area contributed by atoms with Crippen LogP contribution in [0.5, 0.6) is 0 Å². The Labute approximate surface area is 46.2 Å². The monoisotopic (exact) mass is 95.1 g/mol. The van der Waals surface area contributed by atoms with Crippen LogP contribution in [-0.2, 0) is 0 Å². The predicted octanol–water partition coefficient (Wildman–Crippen LogP) is 2.20. The SMILES string of the molecule is C=C([CH2+])C[CH]C[CH2-]. The van der Waals surface area contributed by atoms with Crippen LogP contribution in [0.25, 0.3) is 0 Å². The van der Waals surface area contributed by atoms with E-state index in [1.807, 2.05) is 0 Å². The lowest BCUT2D eigenvalue weighted by atomic mass is 10.2. The Hall–Kier alpha value is -0.390. The molecule has 0 aromatic heterocycles. The summed E-state index contributed by atoms with van der Waals surface area (Å²) in [5.74, 6) is 0. The van der Waals surface area contributed by atoms with Gasteiger partial charge in [0.05, 0.1) is 5.57 Å². The smallest absolute Gasteiger partial charge is 0.0966 e. The lowest BCUT2D eigenvalue weighted by molar-refractivity contribution is 1.07. The molecule has 0 amide bonds. The van der Waals surface area contributed by atoms with Crippen LogP contribution in [-0.4, -0.2) is 0 Å². The quantitative estimate of drug-likeness (QED) is 0.471. The standard InChI is InChI=1S/C7H11/c1-4-5-6-7(2)3/h5H,1-4,6H2. The van der Waals surface area contributed by atoms with Gasteiger partial charge in [-0.15, -0.1) is 0 Å². The van der Waals surface area contributed by atoms with E-state index in [0.29, 0.717) is 0 Å². The van der Waals surface area contributed by atoms with Gasteiger partial charge in [0.2, 0.25) is 0 Å². The van der Waals surface area contributed by atoms with E-state index in [0.717, 1.165) is 18.4 Å². The van der Waals surface area contributed by atoms with Crippen molar-refractivity contribution in [3.8, 4) is 0 Å². The number of rotatable bonds is 3. The third-order valence-corrected chi connectivity index (χ3v) is 0.637. The topological polar surface area (TPSA) is 0 Å². The van der Waals surface area contributed by atoms with E-state index in [1.165, 1.54) is 0 Å². The zero-order chi connectivity index (χ0) is 5.70. The first-order valence-corrected chi connectivity index (χ1v) is 2.38. The van der Waals surface area contributed by atoms with E-state index in [1.54, 1.807) is 0 Å². The summed E-state index contributed by atoms with van der Waals surface area (Å²) in [5, 5.41) is 0. The van der Waals surface area contributed by atoms with Gasteiger partial charge in [-0.25, -0.2) is 0 Å². The first-order chi connectivity index (χ1) is 3.27. The molecule has 0 heterocycles. The highest BCUT2D eigenvalue weighted by atomic mass is 13.9. The molecule has 0 bridgehead atoms. The molecule has 0 heteroatoms. The fourth-order valence-corrected chi connectivity index (χ4v) is 0.306. The summed E-state index contributed by atoms with van der Waals surface area (Å²) < 4.78 is 0. The second kappa shape index (κ2) is 3.79. The molecule has 0 rings (SSSR count). The van der Waals surface area contributed by atoms with Crippen molar-refractivity contribution in [3.63, 3.8) is 0 Å². The third kappa shape index (κ3) is 5.61. The Kier molecular flexibility index (Phi) is 3.58. The Morgan fingerprint density at radius 3 is 2.57 bits per heavy atom. The normalized spacial score (nSPS) is 8.71. The molecular weight excluding hydrogens is 84.1 g/mol. The highest BCUT2D eigenvalue weighted by Crippen LogP contribution is 1.99. The van der Waals surface area contributed by atoms with Crippen molar-refractivity contribution in [2.24, 2.45) is 0 Å². The summed E-state index contributed by atoms with van der Waals surface area (Å²) in [6.45, 7) is 10.9. The van der Waals surface area contributed by atoms with Gasteiger partial charge < -0.3 is 6.92 Å². The molecule has 1 radical (unpaired) electrons. The molecular formula is C7H11. The van der Waals surface area contributed by atoms with Crippen molar-refractivity contribution in [3.05, 3.63) is 32.4 Å². The fourth-order valence-electron chi connectivity index (χ4n) is 0.306. The molecule has 0 fully saturated rings. The van der Waals surface area contributed by atoms with Gasteiger partial charge >= 0.3 is 0 Å². The average molecular weight is 95.2 g/mol. The van der Waals surface area contributed by atoms with Crippen LogP contribution in [0.15, 0.2) is 12.2 Å². The van der Waals surface area contributed by atoms with Crippen molar-refractivity contribution in [1.29, 1.82) is 0 Å². The first-order valence-electron chi connectivity index (χ1n) is 2.38. The maximum atomic E-state index is 3.63. The van der Waals surface area contributed by atoms with Gasteiger partial charge in [0.25, 0.3) is 0 Å². The van der Waals surface area contributed by atoms with Gasteiger partial charge in [-0.3, -0.25) is 0 Å². The fraction of sp³-hybridized carbons (Fsp3) is 0.286. The molecule has 0 saturated carbocycles. The van der Waals surface area contributed by atoms with Gasteiger partial charge in [0, 0.05) is 19.9 Å². The zero-order valence-electron chi connectivity index (χ0n) is 4.61. The predicted molar refractivity (Wildman–Crippen MR) is 33.4 cm³/mol. The molecule has 0 aliphatic carbocycles. The van der Waals surface area contributed by atoms with Crippen molar-refractivity contribution < 1.29 is 0 Å². The molecule has 0 aromatic rings. The molecule has 0 aliphatic rings. The van der Waals surface area contributed by atoms with Gasteiger partial charge in [-0.1, -0.05) is 6.42 Å². The lowest BCUT2D eigenvalue weighted by Gasteiger charge is -1.90. The zero-order valence-corrected chi connectivity index (χ0v) is 4.61. The Bertz CT molecular complexity index is 53.1. The Balaban J connectivity index is 2.82. The molecule has 0 atom stereocenters. The van der Waals surface area contributed by atoms with Crippen molar-refractivity contribution in [2.75, 3.05) is 0 Å². The van der Waals surface area contributed by atoms with Crippen LogP contribution in [0, 0.1) is 20.3 Å². The van der Waals surface area contributed by atoms with Crippen LogP contribution in [0.2, 0.25) is 0 Å².